The molecule has 3 aromatic rings. The standard InChI is InChI=1S/C25H23ClN4O4/c1-15-10-21(22(34-3)12-18(15)26)29-23(31)14-30-24(32)13-20(16-6-4-7-17(11-16)33-2)28-19-8-5-9-27-25(19)30/h4-12H,13-14H2,1-3H3,(H,29,31). The number of nitrogens with one attached hydrogen (secondary N) is 1. The van der Waals surface area contributed by atoms with Gasteiger partial charge in [0.2, 0.25) is 11.8 Å². The molecule has 0 radical (unpaired) electrons. The van der Waals surface area contributed by atoms with Gasteiger partial charge in [-0.2, -0.15) is 0 Å². The number of ether oxygens (including phenoxy) is 2. The van der Waals surface area contributed by atoms with E-state index in [9.17, 15) is 9.59 Å². The van der Waals surface area contributed by atoms with Gasteiger partial charge >= 0.3 is 0 Å². The van der Waals surface area contributed by atoms with Crippen LogP contribution in [0.1, 0.15) is 17.5 Å². The maximum Gasteiger partial charge on any atom is 0.244 e. The Balaban J connectivity index is 1.62. The third-order valence-corrected chi connectivity index (χ3v) is 5.76. The maximum atomic E-state index is 13.3. The third kappa shape index (κ3) is 4.87. The van der Waals surface area contributed by atoms with E-state index in [-0.39, 0.29) is 18.9 Å². The van der Waals surface area contributed by atoms with Crippen LogP contribution >= 0.6 is 11.6 Å². The minimum Gasteiger partial charge on any atom is -0.497 e. The summed E-state index contributed by atoms with van der Waals surface area (Å²) >= 11 is 6.16. The van der Waals surface area contributed by atoms with Crippen LogP contribution in [-0.4, -0.2) is 43.3 Å². The number of aromatic nitrogens is 1. The third-order valence-electron chi connectivity index (χ3n) is 5.36. The van der Waals surface area contributed by atoms with Gasteiger partial charge in [0, 0.05) is 22.8 Å². The van der Waals surface area contributed by atoms with Crippen molar-refractivity contribution < 1.29 is 19.1 Å². The maximum absolute atomic E-state index is 13.3. The van der Waals surface area contributed by atoms with Gasteiger partial charge in [0.25, 0.3) is 0 Å². The van der Waals surface area contributed by atoms with Gasteiger partial charge in [-0.3, -0.25) is 14.5 Å². The van der Waals surface area contributed by atoms with Gasteiger partial charge in [0.05, 0.1) is 32.0 Å². The first kappa shape index (κ1) is 23.3. The topological polar surface area (TPSA) is 93.1 Å². The average molecular weight is 479 g/mol. The summed E-state index contributed by atoms with van der Waals surface area (Å²) in [4.78, 5) is 36.6. The van der Waals surface area contributed by atoms with Gasteiger partial charge in [0.15, 0.2) is 5.82 Å². The van der Waals surface area contributed by atoms with Crippen molar-refractivity contribution in [3.8, 4) is 11.5 Å². The SMILES string of the molecule is COc1cccc(C2=Nc3cccnc3N(CC(=O)Nc3cc(C)c(Cl)cc3OC)C(=O)C2)c1. The minimum atomic E-state index is -0.408. The van der Waals surface area contributed by atoms with E-state index in [0.717, 1.165) is 11.1 Å². The molecule has 0 spiro atoms. The molecule has 0 aliphatic carbocycles. The molecule has 0 saturated carbocycles. The molecule has 2 aromatic carbocycles. The van der Waals surface area contributed by atoms with Crippen molar-refractivity contribution in [1.82, 2.24) is 4.98 Å². The number of hydrogen-bond donors (Lipinski definition) is 1. The second kappa shape index (κ2) is 9.93. The number of fused-ring (bicyclic) bond motifs is 1. The first-order valence-corrected chi connectivity index (χ1v) is 10.9. The lowest BCUT2D eigenvalue weighted by Crippen LogP contribution is -2.39. The Morgan fingerprint density at radius 3 is 2.74 bits per heavy atom. The smallest absolute Gasteiger partial charge is 0.244 e. The number of aryl methyl sites for hydroxylation is 1. The molecule has 9 heteroatoms. The summed E-state index contributed by atoms with van der Waals surface area (Å²) < 4.78 is 10.6. The summed E-state index contributed by atoms with van der Waals surface area (Å²) in [5.41, 5.74) is 3.07. The molecule has 1 aliphatic heterocycles. The molecule has 1 aliphatic rings. The summed E-state index contributed by atoms with van der Waals surface area (Å²) in [6.07, 6.45) is 1.56. The van der Waals surface area contributed by atoms with E-state index in [1.807, 2.05) is 31.2 Å². The number of rotatable bonds is 6. The monoisotopic (exact) mass is 478 g/mol. The number of amides is 2. The van der Waals surface area contributed by atoms with Crippen molar-refractivity contribution in [2.45, 2.75) is 13.3 Å². The fourth-order valence-electron chi connectivity index (χ4n) is 3.62. The van der Waals surface area contributed by atoms with Crippen LogP contribution in [0.25, 0.3) is 0 Å². The van der Waals surface area contributed by atoms with E-state index in [1.54, 1.807) is 37.6 Å². The Kier molecular flexibility index (Phi) is 6.79. The Labute approximate surface area is 202 Å². The Hall–Kier alpha value is -3.91. The first-order valence-electron chi connectivity index (χ1n) is 10.5. The van der Waals surface area contributed by atoms with Gasteiger partial charge < -0.3 is 14.8 Å². The molecule has 0 bridgehead atoms. The number of carbonyl (C=O) groups is 2. The number of benzene rings is 2. The van der Waals surface area contributed by atoms with Crippen molar-refractivity contribution in [3.05, 3.63) is 70.9 Å². The number of carbonyl (C=O) groups excluding carboxylic acids is 2. The number of pyridine rings is 1. The Bertz CT molecular complexity index is 1290. The van der Waals surface area contributed by atoms with Gasteiger partial charge in [-0.05, 0) is 42.8 Å². The molecular weight excluding hydrogens is 456 g/mol. The zero-order valence-electron chi connectivity index (χ0n) is 19.0. The minimum absolute atomic E-state index is 0.000180. The van der Waals surface area contributed by atoms with Gasteiger partial charge in [0.1, 0.15) is 23.7 Å². The average Bonchev–Trinajstić information content (AvgIpc) is 2.97. The number of anilines is 2. The van der Waals surface area contributed by atoms with E-state index in [0.29, 0.717) is 39.4 Å². The Morgan fingerprint density at radius 1 is 1.15 bits per heavy atom. The van der Waals surface area contributed by atoms with E-state index in [2.05, 4.69) is 10.3 Å². The lowest BCUT2D eigenvalue weighted by atomic mass is 10.1. The largest absolute Gasteiger partial charge is 0.497 e. The van der Waals surface area contributed by atoms with Crippen molar-refractivity contribution >= 4 is 46.3 Å². The predicted molar refractivity (Wildman–Crippen MR) is 132 cm³/mol. The summed E-state index contributed by atoms with van der Waals surface area (Å²) in [5, 5.41) is 3.33. The van der Waals surface area contributed by atoms with Crippen LogP contribution in [-0.2, 0) is 9.59 Å². The predicted octanol–water partition coefficient (Wildman–Crippen LogP) is 4.56. The number of aliphatic imine (C=N–C) groups is 1. The lowest BCUT2D eigenvalue weighted by molar-refractivity contribution is -0.120. The molecule has 34 heavy (non-hydrogen) atoms. The first-order chi connectivity index (χ1) is 16.4. The lowest BCUT2D eigenvalue weighted by Gasteiger charge is -2.21. The molecule has 2 amide bonds. The van der Waals surface area contributed by atoms with Crippen molar-refractivity contribution in [1.29, 1.82) is 0 Å². The number of nitrogens with zero attached hydrogens (tertiary/aromatic N) is 3. The van der Waals surface area contributed by atoms with Crippen LogP contribution in [0.5, 0.6) is 11.5 Å². The van der Waals surface area contributed by atoms with Crippen LogP contribution < -0.4 is 19.7 Å². The number of hydrogen-bond acceptors (Lipinski definition) is 6. The second-order valence-electron chi connectivity index (χ2n) is 7.64. The van der Waals surface area contributed by atoms with Crippen LogP contribution in [0.2, 0.25) is 5.02 Å². The van der Waals surface area contributed by atoms with Crippen molar-refractivity contribution in [2.75, 3.05) is 31.0 Å². The highest BCUT2D eigenvalue weighted by Crippen LogP contribution is 2.33. The molecule has 4 rings (SSSR count). The molecule has 0 unspecified atom stereocenters. The van der Waals surface area contributed by atoms with Crippen LogP contribution in [0.4, 0.5) is 17.2 Å². The van der Waals surface area contributed by atoms with Crippen LogP contribution in [0, 0.1) is 6.92 Å². The molecule has 0 fully saturated rings. The quantitative estimate of drug-likeness (QED) is 0.560. The zero-order chi connectivity index (χ0) is 24.2. The highest BCUT2D eigenvalue weighted by molar-refractivity contribution is 6.31. The molecule has 174 valence electrons. The molecule has 1 N–H and O–H groups in total. The van der Waals surface area contributed by atoms with Crippen molar-refractivity contribution in [2.24, 2.45) is 4.99 Å². The molecular formula is C25H23ClN4O4. The van der Waals surface area contributed by atoms with E-state index in [4.69, 9.17) is 26.1 Å². The molecule has 1 aromatic heterocycles. The summed E-state index contributed by atoms with van der Waals surface area (Å²) in [6.45, 7) is 1.59. The highest BCUT2D eigenvalue weighted by Gasteiger charge is 2.28. The summed E-state index contributed by atoms with van der Waals surface area (Å²) in [5.74, 6) is 0.697. The Morgan fingerprint density at radius 2 is 1.97 bits per heavy atom. The van der Waals surface area contributed by atoms with E-state index in [1.165, 1.54) is 12.0 Å². The van der Waals surface area contributed by atoms with E-state index >= 15 is 0 Å². The normalized spacial score (nSPS) is 13.0. The van der Waals surface area contributed by atoms with Crippen LogP contribution in [0.15, 0.2) is 59.7 Å². The second-order valence-corrected chi connectivity index (χ2v) is 8.05. The fraction of sp³-hybridized carbons (Fsp3) is 0.200. The van der Waals surface area contributed by atoms with E-state index < -0.39 is 5.91 Å². The zero-order valence-corrected chi connectivity index (χ0v) is 19.7. The van der Waals surface area contributed by atoms with Gasteiger partial charge in [-0.15, -0.1) is 0 Å². The number of methoxy groups -OCH3 is 2. The van der Waals surface area contributed by atoms with Gasteiger partial charge in [-0.1, -0.05) is 23.7 Å². The summed E-state index contributed by atoms with van der Waals surface area (Å²) in [7, 11) is 3.07. The van der Waals surface area contributed by atoms with Gasteiger partial charge in [-0.25, -0.2) is 9.98 Å². The van der Waals surface area contributed by atoms with Crippen LogP contribution in [0.3, 0.4) is 0 Å². The summed E-state index contributed by atoms with van der Waals surface area (Å²) in [6, 6.07) is 14.2. The number of halogens is 1. The molecule has 8 nitrogen and oxygen atoms in total. The van der Waals surface area contributed by atoms with Crippen molar-refractivity contribution in [3.63, 3.8) is 0 Å². The molecule has 0 saturated heterocycles. The fourth-order valence-corrected chi connectivity index (χ4v) is 3.77. The molecule has 0 atom stereocenters. The highest BCUT2D eigenvalue weighted by atomic mass is 35.5. The molecule has 2 heterocycles.